The topological polar surface area (TPSA) is 52.7 Å². The quantitative estimate of drug-likeness (QED) is 0.897. The third-order valence-corrected chi connectivity index (χ3v) is 3.94. The summed E-state index contributed by atoms with van der Waals surface area (Å²) in [6, 6.07) is 5.74. The number of halogens is 3. The molecule has 2 rings (SSSR count). The molecule has 8 heteroatoms. The number of benzene rings is 1. The first kappa shape index (κ1) is 18.1. The van der Waals surface area contributed by atoms with Crippen molar-refractivity contribution in [1.29, 1.82) is 0 Å². The summed E-state index contributed by atoms with van der Waals surface area (Å²) in [5, 5.41) is 2.57. The lowest BCUT2D eigenvalue weighted by atomic mass is 9.98. The molecular formula is C16H20F3N3O2. The van der Waals surface area contributed by atoms with Gasteiger partial charge in [-0.1, -0.05) is 6.07 Å². The molecule has 1 fully saturated rings. The Morgan fingerprint density at radius 1 is 1.29 bits per heavy atom. The summed E-state index contributed by atoms with van der Waals surface area (Å²) in [4.78, 5) is 26.7. The SMILES string of the molecule is CN(C)C(=O)c1cccc(NC(=O)N2CCC[C@H](C(F)(F)F)C2)c1. The van der Waals surface area contributed by atoms with Gasteiger partial charge in [-0.3, -0.25) is 4.79 Å². The van der Waals surface area contributed by atoms with Crippen LogP contribution in [0.5, 0.6) is 0 Å². The maximum Gasteiger partial charge on any atom is 0.393 e. The number of piperidine rings is 1. The molecule has 132 valence electrons. The van der Waals surface area contributed by atoms with Gasteiger partial charge in [0.2, 0.25) is 0 Å². The molecule has 0 aromatic heterocycles. The Bertz CT molecular complexity index is 617. The van der Waals surface area contributed by atoms with E-state index in [4.69, 9.17) is 0 Å². The van der Waals surface area contributed by atoms with E-state index in [2.05, 4.69) is 5.32 Å². The number of alkyl halides is 3. The molecule has 1 atom stereocenters. The van der Waals surface area contributed by atoms with Crippen LogP contribution in [0.15, 0.2) is 24.3 Å². The highest BCUT2D eigenvalue weighted by Crippen LogP contribution is 2.33. The first-order valence-corrected chi connectivity index (χ1v) is 7.63. The van der Waals surface area contributed by atoms with Crippen LogP contribution in [0.4, 0.5) is 23.7 Å². The lowest BCUT2D eigenvalue weighted by Crippen LogP contribution is -2.46. The molecule has 1 aromatic rings. The van der Waals surface area contributed by atoms with Crippen molar-refractivity contribution in [2.75, 3.05) is 32.5 Å². The fraction of sp³-hybridized carbons (Fsp3) is 0.500. The molecule has 1 aliphatic rings. The number of anilines is 1. The molecule has 24 heavy (non-hydrogen) atoms. The average molecular weight is 343 g/mol. The van der Waals surface area contributed by atoms with Crippen LogP contribution in [0.3, 0.4) is 0 Å². The van der Waals surface area contributed by atoms with Crippen LogP contribution in [0.2, 0.25) is 0 Å². The molecule has 0 spiro atoms. The largest absolute Gasteiger partial charge is 0.393 e. The summed E-state index contributed by atoms with van der Waals surface area (Å²) in [7, 11) is 3.22. The summed E-state index contributed by atoms with van der Waals surface area (Å²) in [6.07, 6.45) is -3.94. The van der Waals surface area contributed by atoms with E-state index in [-0.39, 0.29) is 25.4 Å². The minimum atomic E-state index is -4.29. The van der Waals surface area contributed by atoms with Crippen molar-refractivity contribution in [2.45, 2.75) is 19.0 Å². The molecule has 1 saturated heterocycles. The van der Waals surface area contributed by atoms with E-state index in [1.807, 2.05) is 0 Å². The highest BCUT2D eigenvalue weighted by Gasteiger charge is 2.42. The van der Waals surface area contributed by atoms with Crippen LogP contribution in [-0.4, -0.2) is 55.1 Å². The Balaban J connectivity index is 2.04. The van der Waals surface area contributed by atoms with Crippen LogP contribution < -0.4 is 5.32 Å². The number of rotatable bonds is 2. The number of urea groups is 1. The van der Waals surface area contributed by atoms with Gasteiger partial charge in [-0.05, 0) is 31.0 Å². The highest BCUT2D eigenvalue weighted by atomic mass is 19.4. The lowest BCUT2D eigenvalue weighted by Gasteiger charge is -2.33. The van der Waals surface area contributed by atoms with Gasteiger partial charge in [-0.25, -0.2) is 4.79 Å². The van der Waals surface area contributed by atoms with Crippen molar-refractivity contribution in [3.8, 4) is 0 Å². The lowest BCUT2D eigenvalue weighted by molar-refractivity contribution is -0.183. The minimum absolute atomic E-state index is 0.0418. The van der Waals surface area contributed by atoms with Crippen LogP contribution in [0, 0.1) is 5.92 Å². The Morgan fingerprint density at radius 2 is 2.00 bits per heavy atom. The van der Waals surface area contributed by atoms with Crippen molar-refractivity contribution >= 4 is 17.6 Å². The number of nitrogens with one attached hydrogen (secondary N) is 1. The number of amides is 3. The molecule has 1 aromatic carbocycles. The zero-order valence-electron chi connectivity index (χ0n) is 13.6. The first-order chi connectivity index (χ1) is 11.2. The van der Waals surface area contributed by atoms with Crippen LogP contribution in [0.25, 0.3) is 0 Å². The number of carbonyl (C=O) groups is 2. The van der Waals surface area contributed by atoms with Crippen molar-refractivity contribution < 1.29 is 22.8 Å². The maximum atomic E-state index is 12.8. The monoisotopic (exact) mass is 343 g/mol. The Labute approximate surface area is 138 Å². The van der Waals surface area contributed by atoms with Crippen molar-refractivity contribution in [1.82, 2.24) is 9.80 Å². The predicted molar refractivity (Wildman–Crippen MR) is 83.8 cm³/mol. The van der Waals surface area contributed by atoms with Crippen molar-refractivity contribution in [3.63, 3.8) is 0 Å². The average Bonchev–Trinajstić information content (AvgIpc) is 2.53. The summed E-state index contributed by atoms with van der Waals surface area (Å²) < 4.78 is 38.5. The second-order valence-corrected chi connectivity index (χ2v) is 6.04. The van der Waals surface area contributed by atoms with Gasteiger partial charge >= 0.3 is 12.2 Å². The molecule has 1 heterocycles. The van der Waals surface area contributed by atoms with Crippen LogP contribution in [-0.2, 0) is 0 Å². The molecule has 0 radical (unpaired) electrons. The summed E-state index contributed by atoms with van der Waals surface area (Å²) in [5.74, 6) is -1.71. The van der Waals surface area contributed by atoms with Gasteiger partial charge in [-0.15, -0.1) is 0 Å². The van der Waals surface area contributed by atoms with Crippen LogP contribution >= 0.6 is 0 Å². The summed E-state index contributed by atoms with van der Waals surface area (Å²) in [6.45, 7) is -0.0552. The molecule has 0 saturated carbocycles. The Hall–Kier alpha value is -2.25. The van der Waals surface area contributed by atoms with E-state index < -0.39 is 18.1 Å². The summed E-state index contributed by atoms with van der Waals surface area (Å²) in [5.41, 5.74) is 0.770. The molecule has 3 amide bonds. The zero-order chi connectivity index (χ0) is 17.9. The third kappa shape index (κ3) is 4.39. The van der Waals surface area contributed by atoms with Gasteiger partial charge < -0.3 is 15.1 Å². The third-order valence-electron chi connectivity index (χ3n) is 3.94. The minimum Gasteiger partial charge on any atom is -0.345 e. The number of likely N-dealkylation sites (tertiary alicyclic amines) is 1. The zero-order valence-corrected chi connectivity index (χ0v) is 13.6. The molecule has 5 nitrogen and oxygen atoms in total. The van der Waals surface area contributed by atoms with E-state index in [0.29, 0.717) is 17.7 Å². The molecule has 0 aliphatic carbocycles. The predicted octanol–water partition coefficient (Wildman–Crippen LogP) is 3.19. The van der Waals surface area contributed by atoms with E-state index in [1.165, 1.54) is 15.9 Å². The highest BCUT2D eigenvalue weighted by molar-refractivity contribution is 5.96. The second-order valence-electron chi connectivity index (χ2n) is 6.04. The van der Waals surface area contributed by atoms with E-state index >= 15 is 0 Å². The molecule has 1 aliphatic heterocycles. The Morgan fingerprint density at radius 3 is 2.62 bits per heavy atom. The fourth-order valence-corrected chi connectivity index (χ4v) is 2.62. The van der Waals surface area contributed by atoms with Gasteiger partial charge in [0.15, 0.2) is 0 Å². The van der Waals surface area contributed by atoms with Gasteiger partial charge in [-0.2, -0.15) is 13.2 Å². The van der Waals surface area contributed by atoms with E-state index in [0.717, 1.165) is 0 Å². The normalized spacial score (nSPS) is 18.2. The molecule has 0 bridgehead atoms. The molecule has 0 unspecified atom stereocenters. The van der Waals surface area contributed by atoms with Gasteiger partial charge in [0, 0.05) is 38.4 Å². The first-order valence-electron chi connectivity index (χ1n) is 7.63. The number of hydrogen-bond donors (Lipinski definition) is 1. The smallest absolute Gasteiger partial charge is 0.345 e. The van der Waals surface area contributed by atoms with Crippen molar-refractivity contribution in [2.24, 2.45) is 5.92 Å². The van der Waals surface area contributed by atoms with E-state index in [9.17, 15) is 22.8 Å². The summed E-state index contributed by atoms with van der Waals surface area (Å²) >= 11 is 0. The fourth-order valence-electron chi connectivity index (χ4n) is 2.62. The van der Waals surface area contributed by atoms with E-state index in [1.54, 1.807) is 32.3 Å². The van der Waals surface area contributed by atoms with Crippen LogP contribution in [0.1, 0.15) is 23.2 Å². The van der Waals surface area contributed by atoms with Gasteiger partial charge in [0.1, 0.15) is 0 Å². The number of hydrogen-bond acceptors (Lipinski definition) is 2. The maximum absolute atomic E-state index is 12.8. The number of nitrogens with zero attached hydrogens (tertiary/aromatic N) is 2. The van der Waals surface area contributed by atoms with Gasteiger partial charge in [0.25, 0.3) is 5.91 Å². The second kappa shape index (κ2) is 7.11. The van der Waals surface area contributed by atoms with Gasteiger partial charge in [0.05, 0.1) is 5.92 Å². The number of carbonyl (C=O) groups excluding carboxylic acids is 2. The Kier molecular flexibility index (Phi) is 5.36. The molecular weight excluding hydrogens is 323 g/mol. The van der Waals surface area contributed by atoms with Crippen molar-refractivity contribution in [3.05, 3.63) is 29.8 Å². The molecule has 1 N–H and O–H groups in total. The standard InChI is InChI=1S/C16H20F3N3O2/c1-21(2)14(23)11-5-3-7-13(9-11)20-15(24)22-8-4-6-12(10-22)16(17,18)19/h3,5,7,9,12H,4,6,8,10H2,1-2H3,(H,20,24)/t12-/m0/s1.